The standard InChI is InChI=1S/C8H7O3/c9-5-8(11)6-3-1-2-4-7(6)10/h1-4,8,10-11H. The lowest BCUT2D eigenvalue weighted by Crippen LogP contribution is -1.97. The molecule has 0 fully saturated rings. The number of phenols is 1. The normalized spacial score (nSPS) is 12.5. The number of hydrogen-bond donors (Lipinski definition) is 2. The summed E-state index contributed by atoms with van der Waals surface area (Å²) in [6.45, 7) is 0. The molecule has 1 atom stereocenters. The van der Waals surface area contributed by atoms with Crippen molar-refractivity contribution >= 4 is 6.29 Å². The van der Waals surface area contributed by atoms with E-state index in [1.807, 2.05) is 0 Å². The summed E-state index contributed by atoms with van der Waals surface area (Å²) in [6, 6.07) is 6.09. The molecule has 0 heterocycles. The van der Waals surface area contributed by atoms with Gasteiger partial charge in [-0.2, -0.15) is 0 Å². The molecule has 0 aliphatic heterocycles. The number of benzene rings is 1. The molecule has 1 aromatic rings. The Morgan fingerprint density at radius 3 is 2.55 bits per heavy atom. The van der Waals surface area contributed by atoms with Crippen molar-refractivity contribution in [3.05, 3.63) is 29.8 Å². The molecule has 0 spiro atoms. The summed E-state index contributed by atoms with van der Waals surface area (Å²) in [7, 11) is 0. The number of aromatic hydroxyl groups is 1. The summed E-state index contributed by atoms with van der Waals surface area (Å²) in [6.07, 6.45) is 0.0169. The average molecular weight is 151 g/mol. The smallest absolute Gasteiger partial charge is 0.234 e. The molecule has 0 aliphatic carbocycles. The number of rotatable bonds is 2. The van der Waals surface area contributed by atoms with E-state index in [1.54, 1.807) is 12.1 Å². The molecule has 3 nitrogen and oxygen atoms in total. The first-order valence-electron chi connectivity index (χ1n) is 3.09. The molecule has 2 N–H and O–H groups in total. The highest BCUT2D eigenvalue weighted by Crippen LogP contribution is 2.21. The predicted octanol–water partition coefficient (Wildman–Crippen LogP) is 0.535. The Morgan fingerprint density at radius 1 is 1.36 bits per heavy atom. The minimum absolute atomic E-state index is 0.0941. The summed E-state index contributed by atoms with van der Waals surface area (Å²) in [4.78, 5) is 9.97. The fourth-order valence-electron chi connectivity index (χ4n) is 0.782. The minimum atomic E-state index is -1.35. The monoisotopic (exact) mass is 151 g/mol. The predicted molar refractivity (Wildman–Crippen MR) is 38.8 cm³/mol. The van der Waals surface area contributed by atoms with Gasteiger partial charge in [-0.3, -0.25) is 4.79 Å². The van der Waals surface area contributed by atoms with E-state index in [4.69, 9.17) is 10.2 Å². The largest absolute Gasteiger partial charge is 0.508 e. The van der Waals surface area contributed by atoms with Crippen molar-refractivity contribution in [2.45, 2.75) is 6.10 Å². The Labute approximate surface area is 63.9 Å². The quantitative estimate of drug-likeness (QED) is 0.648. The summed E-state index contributed by atoms with van der Waals surface area (Å²) in [5, 5.41) is 18.0. The molecule has 0 saturated heterocycles. The van der Waals surface area contributed by atoms with Gasteiger partial charge in [0.25, 0.3) is 0 Å². The fraction of sp³-hybridized carbons (Fsp3) is 0.125. The lowest BCUT2D eigenvalue weighted by Gasteiger charge is -2.03. The zero-order chi connectivity index (χ0) is 8.27. The Balaban J connectivity index is 3.02. The van der Waals surface area contributed by atoms with Crippen LogP contribution in [0, 0.1) is 0 Å². The lowest BCUT2D eigenvalue weighted by atomic mass is 10.1. The van der Waals surface area contributed by atoms with Crippen LogP contribution in [-0.2, 0) is 4.79 Å². The van der Waals surface area contributed by atoms with Crippen molar-refractivity contribution in [1.82, 2.24) is 0 Å². The first-order valence-corrected chi connectivity index (χ1v) is 3.09. The van der Waals surface area contributed by atoms with Gasteiger partial charge in [-0.25, -0.2) is 0 Å². The Kier molecular flexibility index (Phi) is 2.23. The third-order valence-corrected chi connectivity index (χ3v) is 1.34. The van der Waals surface area contributed by atoms with Crippen LogP contribution in [0.5, 0.6) is 5.75 Å². The van der Waals surface area contributed by atoms with E-state index in [9.17, 15) is 4.79 Å². The van der Waals surface area contributed by atoms with Crippen LogP contribution in [0.1, 0.15) is 11.7 Å². The average Bonchev–Trinajstić information content (AvgIpc) is 2.04. The van der Waals surface area contributed by atoms with Gasteiger partial charge in [-0.15, -0.1) is 0 Å². The topological polar surface area (TPSA) is 57.5 Å². The van der Waals surface area contributed by atoms with E-state index >= 15 is 0 Å². The highest BCUT2D eigenvalue weighted by Gasteiger charge is 2.09. The number of carbonyl (C=O) groups excluding carboxylic acids is 1. The molecule has 11 heavy (non-hydrogen) atoms. The van der Waals surface area contributed by atoms with Crippen LogP contribution in [0.4, 0.5) is 0 Å². The van der Waals surface area contributed by atoms with E-state index in [0.29, 0.717) is 0 Å². The molecule has 0 amide bonds. The van der Waals surface area contributed by atoms with Crippen molar-refractivity contribution in [2.75, 3.05) is 0 Å². The molecule has 1 radical (unpaired) electrons. The van der Waals surface area contributed by atoms with E-state index in [-0.39, 0.29) is 11.3 Å². The molecule has 1 aromatic carbocycles. The molecule has 0 saturated carbocycles. The number of para-hydroxylation sites is 1. The molecule has 0 bridgehead atoms. The van der Waals surface area contributed by atoms with Crippen LogP contribution < -0.4 is 0 Å². The summed E-state index contributed by atoms with van der Waals surface area (Å²) in [5.41, 5.74) is 0.183. The zero-order valence-electron chi connectivity index (χ0n) is 5.69. The fourth-order valence-corrected chi connectivity index (χ4v) is 0.782. The van der Waals surface area contributed by atoms with Crippen molar-refractivity contribution < 1.29 is 15.0 Å². The van der Waals surface area contributed by atoms with Gasteiger partial charge in [-0.1, -0.05) is 18.2 Å². The summed E-state index contributed by atoms with van der Waals surface area (Å²) in [5.74, 6) is -0.0941. The first-order chi connectivity index (χ1) is 5.25. The summed E-state index contributed by atoms with van der Waals surface area (Å²) < 4.78 is 0. The molecule has 1 rings (SSSR count). The van der Waals surface area contributed by atoms with Crippen LogP contribution >= 0.6 is 0 Å². The van der Waals surface area contributed by atoms with Crippen molar-refractivity contribution in [2.24, 2.45) is 0 Å². The molecular formula is C8H7O3. The lowest BCUT2D eigenvalue weighted by molar-refractivity contribution is 0.235. The zero-order valence-corrected chi connectivity index (χ0v) is 5.69. The van der Waals surface area contributed by atoms with Gasteiger partial charge in [0.15, 0.2) is 0 Å². The van der Waals surface area contributed by atoms with Gasteiger partial charge in [0.05, 0.1) is 0 Å². The maximum absolute atomic E-state index is 9.97. The second kappa shape index (κ2) is 3.16. The van der Waals surface area contributed by atoms with Gasteiger partial charge < -0.3 is 10.2 Å². The highest BCUT2D eigenvalue weighted by molar-refractivity contribution is 5.62. The van der Waals surface area contributed by atoms with E-state index in [2.05, 4.69) is 0 Å². The van der Waals surface area contributed by atoms with Gasteiger partial charge in [0.1, 0.15) is 11.9 Å². The second-order valence-electron chi connectivity index (χ2n) is 2.08. The molecule has 0 aromatic heterocycles. The van der Waals surface area contributed by atoms with Crippen molar-refractivity contribution in [1.29, 1.82) is 0 Å². The maximum atomic E-state index is 9.97. The maximum Gasteiger partial charge on any atom is 0.234 e. The van der Waals surface area contributed by atoms with Crippen LogP contribution in [0.2, 0.25) is 0 Å². The van der Waals surface area contributed by atoms with Crippen LogP contribution in [0.25, 0.3) is 0 Å². The Morgan fingerprint density at radius 2 is 2.00 bits per heavy atom. The van der Waals surface area contributed by atoms with Gasteiger partial charge in [0.2, 0.25) is 6.29 Å². The van der Waals surface area contributed by atoms with E-state index in [0.717, 1.165) is 0 Å². The van der Waals surface area contributed by atoms with Gasteiger partial charge >= 0.3 is 0 Å². The van der Waals surface area contributed by atoms with E-state index in [1.165, 1.54) is 18.4 Å². The van der Waals surface area contributed by atoms with E-state index < -0.39 is 6.10 Å². The van der Waals surface area contributed by atoms with Crippen molar-refractivity contribution in [3.8, 4) is 5.75 Å². The van der Waals surface area contributed by atoms with Gasteiger partial charge in [0, 0.05) is 5.56 Å². The molecule has 1 unspecified atom stereocenters. The number of aliphatic hydroxyl groups is 1. The number of phenolic OH excluding ortho intramolecular Hbond substituents is 1. The van der Waals surface area contributed by atoms with Crippen LogP contribution in [-0.4, -0.2) is 16.5 Å². The second-order valence-corrected chi connectivity index (χ2v) is 2.08. The highest BCUT2D eigenvalue weighted by atomic mass is 16.3. The molecule has 57 valence electrons. The third kappa shape index (κ3) is 1.56. The Bertz CT molecular complexity index is 257. The van der Waals surface area contributed by atoms with Crippen LogP contribution in [0.15, 0.2) is 24.3 Å². The first kappa shape index (κ1) is 7.75. The SMILES string of the molecule is O=[C]C(O)c1ccccc1O. The molecule has 3 heteroatoms. The number of hydrogen-bond acceptors (Lipinski definition) is 3. The third-order valence-electron chi connectivity index (χ3n) is 1.34. The Hall–Kier alpha value is -1.35. The van der Waals surface area contributed by atoms with Gasteiger partial charge in [-0.05, 0) is 6.07 Å². The molecule has 0 aliphatic rings. The number of aliphatic hydroxyl groups excluding tert-OH is 1. The minimum Gasteiger partial charge on any atom is -0.508 e. The molecular weight excluding hydrogens is 144 g/mol. The van der Waals surface area contributed by atoms with Crippen molar-refractivity contribution in [3.63, 3.8) is 0 Å². The van der Waals surface area contributed by atoms with Crippen LogP contribution in [0.3, 0.4) is 0 Å². The summed E-state index contributed by atoms with van der Waals surface area (Å²) >= 11 is 0.